The minimum atomic E-state index is -3.11. The van der Waals surface area contributed by atoms with Gasteiger partial charge in [-0.3, -0.25) is 19.0 Å². The molecule has 2 aliphatic rings. The Morgan fingerprint density at radius 1 is 0.913 bits per heavy atom. The first-order chi connectivity index (χ1) is 21.7. The highest BCUT2D eigenvalue weighted by molar-refractivity contribution is 6.84. The van der Waals surface area contributed by atoms with Crippen molar-refractivity contribution in [3.05, 3.63) is 69.0 Å². The van der Waals surface area contributed by atoms with E-state index in [2.05, 4.69) is 55.4 Å². The normalized spacial score (nSPS) is 24.2. The number of carbonyl (C=O) groups is 2. The molecule has 2 aliphatic heterocycles. The van der Waals surface area contributed by atoms with Crippen molar-refractivity contribution >= 4 is 29.0 Å². The lowest BCUT2D eigenvalue weighted by Crippen LogP contribution is -2.66. The van der Waals surface area contributed by atoms with Crippen molar-refractivity contribution in [2.75, 3.05) is 20.3 Å². The molecule has 4 rings (SSSR count). The number of hydrogen-bond donors (Lipinski definition) is 0. The molecule has 0 bridgehead atoms. The first-order valence-electron chi connectivity index (χ1n) is 16.0. The third-order valence-corrected chi connectivity index (χ3v) is 19.2. The summed E-state index contributed by atoms with van der Waals surface area (Å²) in [5, 5.41) is 0. The lowest BCUT2D eigenvalue weighted by atomic mass is 10.1. The highest BCUT2D eigenvalue weighted by Gasteiger charge is 2.62. The van der Waals surface area contributed by atoms with Gasteiger partial charge in [0.2, 0.25) is 0 Å². The fraction of sp³-hybridized carbons (Fsp3) is 0.625. The second kappa shape index (κ2) is 14.6. The van der Waals surface area contributed by atoms with Crippen LogP contribution < -0.4 is 11.2 Å². The topological polar surface area (TPSA) is 134 Å². The fourth-order valence-corrected chi connectivity index (χ4v) is 17.7. The zero-order valence-corrected chi connectivity index (χ0v) is 30.3. The summed E-state index contributed by atoms with van der Waals surface area (Å²) in [5.74, 6) is -1.23. The van der Waals surface area contributed by atoms with Crippen LogP contribution in [-0.4, -0.2) is 76.8 Å². The minimum absolute atomic E-state index is 0.0158. The number of hydrogen-bond acceptors (Lipinski definition) is 10. The van der Waals surface area contributed by atoms with Crippen molar-refractivity contribution in [3.8, 4) is 0 Å². The Balaban J connectivity index is 1.85. The van der Waals surface area contributed by atoms with E-state index in [0.29, 0.717) is 4.57 Å². The highest BCUT2D eigenvalue weighted by atomic mass is 28.5. The fourth-order valence-electron chi connectivity index (χ4n) is 6.49. The molecule has 2 aromatic rings. The number of rotatable bonds is 10. The van der Waals surface area contributed by atoms with E-state index in [4.69, 9.17) is 27.2 Å². The van der Waals surface area contributed by atoms with Gasteiger partial charge in [-0.25, -0.2) is 4.79 Å². The van der Waals surface area contributed by atoms with E-state index in [0.717, 1.165) is 6.07 Å². The zero-order valence-electron chi connectivity index (χ0n) is 28.3. The van der Waals surface area contributed by atoms with Crippen LogP contribution in [0.4, 0.5) is 0 Å². The summed E-state index contributed by atoms with van der Waals surface area (Å²) >= 11 is 0. The van der Waals surface area contributed by atoms with Crippen LogP contribution in [0.3, 0.4) is 0 Å². The van der Waals surface area contributed by atoms with Crippen LogP contribution >= 0.6 is 0 Å². The molecule has 2 saturated heterocycles. The SMILES string of the molecule is COC(=O)CCO[C@H]1C2O[Si](C(C)C)(C(C)C)O[Si](C(C)C)(C(C)C)OC[C@H]2O[C@H]1n1ccc(=O)n(C(=O)c2ccccc2)c1=O. The lowest BCUT2D eigenvalue weighted by molar-refractivity contribution is -0.143. The Morgan fingerprint density at radius 2 is 1.52 bits per heavy atom. The molecule has 0 amide bonds. The smallest absolute Gasteiger partial charge is 0.340 e. The predicted molar refractivity (Wildman–Crippen MR) is 175 cm³/mol. The molecule has 4 atom stereocenters. The number of esters is 1. The van der Waals surface area contributed by atoms with Crippen LogP contribution in [0.2, 0.25) is 22.2 Å². The summed E-state index contributed by atoms with van der Waals surface area (Å²) in [5.41, 5.74) is -1.23. The van der Waals surface area contributed by atoms with Crippen LogP contribution in [0.25, 0.3) is 0 Å². The second-order valence-corrected chi connectivity index (χ2v) is 22.0. The van der Waals surface area contributed by atoms with E-state index in [1.165, 1.54) is 30.0 Å². The molecule has 0 spiro atoms. The maximum absolute atomic E-state index is 13.9. The number of carbonyl (C=O) groups excluding carboxylic acids is 2. The molecule has 2 fully saturated rings. The zero-order chi connectivity index (χ0) is 34.0. The van der Waals surface area contributed by atoms with Crippen molar-refractivity contribution < 1.29 is 36.8 Å². The lowest BCUT2D eigenvalue weighted by Gasteiger charge is -2.51. The summed E-state index contributed by atoms with van der Waals surface area (Å²) < 4.78 is 40.8. The molecule has 46 heavy (non-hydrogen) atoms. The molecule has 1 unspecified atom stereocenters. The maximum atomic E-state index is 13.9. The molecule has 0 saturated carbocycles. The molecule has 0 N–H and O–H groups in total. The Labute approximate surface area is 272 Å². The molecular weight excluding hydrogens is 629 g/mol. The van der Waals surface area contributed by atoms with Crippen LogP contribution in [-0.2, 0) is 32.0 Å². The molecule has 0 aliphatic carbocycles. The van der Waals surface area contributed by atoms with E-state index in [1.54, 1.807) is 18.2 Å². The van der Waals surface area contributed by atoms with Crippen molar-refractivity contribution in [2.45, 2.75) is 109 Å². The van der Waals surface area contributed by atoms with E-state index in [1.807, 2.05) is 0 Å². The molecule has 14 heteroatoms. The van der Waals surface area contributed by atoms with Gasteiger partial charge >= 0.3 is 28.8 Å². The third-order valence-electron chi connectivity index (χ3n) is 8.97. The maximum Gasteiger partial charge on any atom is 0.340 e. The van der Waals surface area contributed by atoms with Gasteiger partial charge in [-0.05, 0) is 34.3 Å². The Hall–Kier alpha value is -2.73. The summed E-state index contributed by atoms with van der Waals surface area (Å²) in [4.78, 5) is 52.3. The van der Waals surface area contributed by atoms with E-state index in [-0.39, 0.29) is 47.4 Å². The van der Waals surface area contributed by atoms with Gasteiger partial charge in [0.15, 0.2) is 6.23 Å². The summed E-state index contributed by atoms with van der Waals surface area (Å²) in [7, 11) is -4.71. The Morgan fingerprint density at radius 3 is 2.09 bits per heavy atom. The van der Waals surface area contributed by atoms with E-state index >= 15 is 0 Å². The van der Waals surface area contributed by atoms with Gasteiger partial charge in [0.1, 0.15) is 18.3 Å². The summed E-state index contributed by atoms with van der Waals surface area (Å²) in [6.07, 6.45) is -2.20. The molecule has 254 valence electrons. The number of aromatic nitrogens is 2. The first-order valence-corrected chi connectivity index (χ1v) is 19.9. The van der Waals surface area contributed by atoms with E-state index < -0.39 is 64.8 Å². The molecule has 1 aromatic carbocycles. The van der Waals surface area contributed by atoms with E-state index in [9.17, 15) is 19.2 Å². The van der Waals surface area contributed by atoms with Crippen molar-refractivity contribution in [1.29, 1.82) is 0 Å². The largest absolute Gasteiger partial charge is 0.469 e. The summed E-state index contributed by atoms with van der Waals surface area (Å²) in [6.45, 7) is 16.9. The third kappa shape index (κ3) is 6.79. The molecule has 0 radical (unpaired) electrons. The van der Waals surface area contributed by atoms with Gasteiger partial charge in [-0.15, -0.1) is 0 Å². The molecule has 3 heterocycles. The van der Waals surface area contributed by atoms with Crippen molar-refractivity contribution in [2.24, 2.45) is 0 Å². The van der Waals surface area contributed by atoms with Crippen molar-refractivity contribution in [3.63, 3.8) is 0 Å². The monoisotopic (exact) mass is 676 g/mol. The Kier molecular flexibility index (Phi) is 11.4. The second-order valence-electron chi connectivity index (χ2n) is 13.1. The number of fused-ring (bicyclic) bond motifs is 1. The average molecular weight is 677 g/mol. The van der Waals surface area contributed by atoms with Crippen LogP contribution in [0, 0.1) is 0 Å². The molecule has 1 aromatic heterocycles. The number of methoxy groups -OCH3 is 1. The average Bonchev–Trinajstić information content (AvgIpc) is 3.32. The highest BCUT2D eigenvalue weighted by Crippen LogP contribution is 2.48. The Bertz CT molecular complexity index is 1470. The van der Waals surface area contributed by atoms with Crippen LogP contribution in [0.5, 0.6) is 0 Å². The van der Waals surface area contributed by atoms with Crippen LogP contribution in [0.15, 0.2) is 52.2 Å². The van der Waals surface area contributed by atoms with Gasteiger partial charge in [-0.1, -0.05) is 73.6 Å². The van der Waals surface area contributed by atoms with Gasteiger partial charge < -0.3 is 27.2 Å². The number of benzene rings is 1. The quantitative estimate of drug-likeness (QED) is 0.262. The van der Waals surface area contributed by atoms with Crippen LogP contribution in [0.1, 0.15) is 78.4 Å². The minimum Gasteiger partial charge on any atom is -0.469 e. The van der Waals surface area contributed by atoms with Crippen molar-refractivity contribution in [1.82, 2.24) is 9.13 Å². The van der Waals surface area contributed by atoms with Gasteiger partial charge in [0.25, 0.3) is 11.5 Å². The molecule has 12 nitrogen and oxygen atoms in total. The van der Waals surface area contributed by atoms with Gasteiger partial charge in [-0.2, -0.15) is 4.57 Å². The number of ether oxygens (including phenoxy) is 3. The summed E-state index contributed by atoms with van der Waals surface area (Å²) in [6, 6.07) is 9.25. The van der Waals surface area contributed by atoms with Gasteiger partial charge in [0, 0.05) is 17.8 Å². The number of nitrogens with zero attached hydrogens (tertiary/aromatic N) is 2. The first kappa shape index (κ1) is 36.1. The predicted octanol–water partition coefficient (Wildman–Crippen LogP) is 4.50. The standard InChI is InChI=1S/C32H48N2O10Si2/c1-20(2)45(21(3)4)41-19-25-28(43-46(44-45,22(5)6)23(7)8)29(40-18-16-27(36)39-9)31(42-25)33-17-15-26(35)34(32(33)38)30(37)24-13-11-10-12-14-24/h10-15,17,20-23,25,28-29,31H,16,18-19H2,1-9H3/t25-,28?,29+,31-/m1/s1. The van der Waals surface area contributed by atoms with Gasteiger partial charge in [0.05, 0.1) is 26.7 Å². The molecular formula is C32H48N2O10Si2.